The summed E-state index contributed by atoms with van der Waals surface area (Å²) in [5, 5.41) is 24.8. The van der Waals surface area contributed by atoms with Gasteiger partial charge in [0.2, 0.25) is 11.7 Å². The molecule has 5 rings (SSSR count). The fourth-order valence-electron chi connectivity index (χ4n) is 7.17. The van der Waals surface area contributed by atoms with Gasteiger partial charge in [0.15, 0.2) is 23.0 Å². The van der Waals surface area contributed by atoms with Crippen molar-refractivity contribution >= 4 is 17.5 Å². The van der Waals surface area contributed by atoms with E-state index in [-0.39, 0.29) is 47.4 Å². The minimum Gasteiger partial charge on any atom is -0.504 e. The molecule has 0 unspecified atom stereocenters. The molecule has 212 valence electrons. The maximum atomic E-state index is 13.8. The van der Waals surface area contributed by atoms with Gasteiger partial charge in [-0.3, -0.25) is 24.2 Å². The molecule has 1 amide bonds. The van der Waals surface area contributed by atoms with E-state index in [0.717, 1.165) is 11.1 Å². The number of ether oxygens (including phenoxy) is 2. The van der Waals surface area contributed by atoms with Crippen molar-refractivity contribution in [1.29, 1.82) is 5.26 Å². The Morgan fingerprint density at radius 3 is 2.52 bits per heavy atom. The summed E-state index contributed by atoms with van der Waals surface area (Å²) in [5.74, 6) is -0.749. The van der Waals surface area contributed by atoms with Crippen LogP contribution in [-0.4, -0.2) is 90.4 Å². The Kier molecular flexibility index (Phi) is 6.98. The van der Waals surface area contributed by atoms with Crippen LogP contribution in [0.5, 0.6) is 11.5 Å². The molecule has 0 radical (unpaired) electrons. The van der Waals surface area contributed by atoms with Gasteiger partial charge in [-0.15, -0.1) is 0 Å². The molecule has 40 heavy (non-hydrogen) atoms. The van der Waals surface area contributed by atoms with Crippen LogP contribution in [0.2, 0.25) is 0 Å². The van der Waals surface area contributed by atoms with Crippen molar-refractivity contribution < 1.29 is 29.0 Å². The average Bonchev–Trinajstić information content (AvgIpc) is 2.91. The minimum atomic E-state index is -0.787. The highest BCUT2D eigenvalue weighted by Crippen LogP contribution is 2.53. The smallest absolute Gasteiger partial charge is 0.236 e. The van der Waals surface area contributed by atoms with Gasteiger partial charge in [0.25, 0.3) is 0 Å². The molecular weight excluding hydrogens is 514 g/mol. The molecule has 1 aromatic carbocycles. The Morgan fingerprint density at radius 2 is 1.93 bits per heavy atom. The van der Waals surface area contributed by atoms with E-state index in [1.165, 1.54) is 14.2 Å². The Morgan fingerprint density at radius 1 is 1.23 bits per heavy atom. The third-order valence-corrected chi connectivity index (χ3v) is 8.95. The molecule has 3 heterocycles. The number of aryl methyl sites for hydroxylation is 1. The number of rotatable bonds is 5. The zero-order chi connectivity index (χ0) is 29.2. The van der Waals surface area contributed by atoms with E-state index in [1.807, 2.05) is 24.9 Å². The Balaban J connectivity index is 1.72. The number of nitrogens with one attached hydrogen (secondary N) is 1. The maximum Gasteiger partial charge on any atom is 0.236 e. The number of aromatic hydroxyl groups is 1. The molecule has 3 aliphatic heterocycles. The minimum absolute atomic E-state index is 0.0256. The number of nitrogens with two attached hydrogens (primary N) is 1. The second-order valence-corrected chi connectivity index (χ2v) is 11.1. The van der Waals surface area contributed by atoms with Gasteiger partial charge >= 0.3 is 0 Å². The van der Waals surface area contributed by atoms with Crippen molar-refractivity contribution in [3.8, 4) is 17.6 Å². The van der Waals surface area contributed by atoms with E-state index in [0.29, 0.717) is 23.3 Å². The number of ketones is 2. The molecular formula is C29H35N5O6. The number of hydrogen-bond acceptors (Lipinski definition) is 10. The molecule has 0 spiro atoms. The van der Waals surface area contributed by atoms with E-state index in [9.17, 15) is 24.8 Å². The molecule has 6 atom stereocenters. The number of benzene rings is 1. The number of methoxy groups -OCH3 is 2. The quantitative estimate of drug-likeness (QED) is 0.448. The SMILES string of the molecule is COC1=C(C)C(=O)C2=C(C1=O)[C@H](CNC(=O)[C@@H](C)N)N1[C@@H](C#N)[C@@H]3Cc4cc(C)c(OC)c(O)c4[C@H]([C@@H]1C2)N3C. The van der Waals surface area contributed by atoms with Crippen molar-refractivity contribution in [3.05, 3.63) is 45.2 Å². The summed E-state index contributed by atoms with van der Waals surface area (Å²) >= 11 is 0. The molecule has 1 saturated heterocycles. The van der Waals surface area contributed by atoms with Crippen molar-refractivity contribution in [1.82, 2.24) is 15.1 Å². The molecule has 1 aliphatic carbocycles. The van der Waals surface area contributed by atoms with Gasteiger partial charge in [-0.25, -0.2) is 0 Å². The first-order valence-electron chi connectivity index (χ1n) is 13.4. The number of Topliss-reactive ketones (excluding diaryl/α,β-unsaturated/α-hetero) is 2. The summed E-state index contributed by atoms with van der Waals surface area (Å²) < 4.78 is 10.9. The molecule has 4 aliphatic rings. The van der Waals surface area contributed by atoms with Crippen LogP contribution in [0.1, 0.15) is 43.0 Å². The van der Waals surface area contributed by atoms with Crippen LogP contribution in [0.15, 0.2) is 28.5 Å². The molecule has 4 N–H and O–H groups in total. The van der Waals surface area contributed by atoms with E-state index >= 15 is 0 Å². The Labute approximate surface area is 233 Å². The number of nitrogens with zero attached hydrogens (tertiary/aromatic N) is 3. The van der Waals surface area contributed by atoms with E-state index in [1.54, 1.807) is 13.8 Å². The first-order chi connectivity index (χ1) is 19.0. The largest absolute Gasteiger partial charge is 0.504 e. The van der Waals surface area contributed by atoms with Crippen LogP contribution in [-0.2, 0) is 25.5 Å². The fraction of sp³-hybridized carbons (Fsp3) is 0.517. The van der Waals surface area contributed by atoms with Crippen LogP contribution in [0.4, 0.5) is 0 Å². The number of amides is 1. The number of allylic oxidation sites excluding steroid dienone is 2. The van der Waals surface area contributed by atoms with Crippen LogP contribution >= 0.6 is 0 Å². The lowest BCUT2D eigenvalue weighted by Crippen LogP contribution is -2.71. The van der Waals surface area contributed by atoms with Gasteiger partial charge < -0.3 is 25.6 Å². The van der Waals surface area contributed by atoms with Gasteiger partial charge in [0, 0.05) is 40.9 Å². The first kappa shape index (κ1) is 27.8. The topological polar surface area (TPSA) is 158 Å². The first-order valence-corrected chi connectivity index (χ1v) is 13.4. The summed E-state index contributed by atoms with van der Waals surface area (Å²) in [6.07, 6.45) is 0.670. The van der Waals surface area contributed by atoms with Crippen molar-refractivity contribution in [2.75, 3.05) is 27.8 Å². The van der Waals surface area contributed by atoms with Crippen molar-refractivity contribution in [2.45, 2.75) is 69.9 Å². The average molecular weight is 550 g/mol. The lowest BCUT2D eigenvalue weighted by atomic mass is 9.69. The van der Waals surface area contributed by atoms with Gasteiger partial charge in [-0.05, 0) is 51.8 Å². The third kappa shape index (κ3) is 3.85. The van der Waals surface area contributed by atoms with Gasteiger partial charge in [-0.1, -0.05) is 6.07 Å². The van der Waals surface area contributed by atoms with E-state index in [2.05, 4.69) is 16.3 Å². The molecule has 1 fully saturated rings. The molecule has 11 heteroatoms. The molecule has 2 bridgehead atoms. The number of likely N-dealkylation sites (N-methyl/N-ethyl adjacent to an activating group) is 1. The second-order valence-electron chi connectivity index (χ2n) is 11.1. The predicted molar refractivity (Wildman–Crippen MR) is 144 cm³/mol. The monoisotopic (exact) mass is 549 g/mol. The number of phenolic OH excluding ortho intramolecular Hbond substituents is 1. The zero-order valence-corrected chi connectivity index (χ0v) is 23.6. The van der Waals surface area contributed by atoms with Crippen LogP contribution in [0.25, 0.3) is 0 Å². The predicted octanol–water partition coefficient (Wildman–Crippen LogP) is 0.788. The molecule has 11 nitrogen and oxygen atoms in total. The summed E-state index contributed by atoms with van der Waals surface area (Å²) in [7, 11) is 4.78. The number of hydrogen-bond donors (Lipinski definition) is 3. The normalized spacial score (nSPS) is 28.8. The number of carbonyl (C=O) groups is 3. The van der Waals surface area contributed by atoms with Gasteiger partial charge in [-0.2, -0.15) is 5.26 Å². The maximum absolute atomic E-state index is 13.8. The molecule has 0 saturated carbocycles. The van der Waals surface area contributed by atoms with Gasteiger partial charge in [0.05, 0.1) is 38.4 Å². The number of phenols is 1. The second kappa shape index (κ2) is 10.0. The number of piperazine rings is 1. The Bertz CT molecular complexity index is 1420. The zero-order valence-electron chi connectivity index (χ0n) is 23.6. The third-order valence-electron chi connectivity index (χ3n) is 8.95. The Hall–Kier alpha value is -3.72. The summed E-state index contributed by atoms with van der Waals surface area (Å²) in [5.41, 5.74) is 9.01. The summed E-state index contributed by atoms with van der Waals surface area (Å²) in [6, 6.07) is 1.07. The fourth-order valence-corrected chi connectivity index (χ4v) is 7.17. The lowest BCUT2D eigenvalue weighted by Gasteiger charge is -2.60. The molecule has 1 aromatic rings. The lowest BCUT2D eigenvalue weighted by molar-refractivity contribution is -0.125. The summed E-state index contributed by atoms with van der Waals surface area (Å²) in [6.45, 7) is 4.97. The van der Waals surface area contributed by atoms with Crippen LogP contribution in [0.3, 0.4) is 0 Å². The summed E-state index contributed by atoms with van der Waals surface area (Å²) in [4.78, 5) is 44.1. The number of nitriles is 1. The van der Waals surface area contributed by atoms with Crippen LogP contribution in [0, 0.1) is 18.3 Å². The van der Waals surface area contributed by atoms with Crippen molar-refractivity contribution in [2.24, 2.45) is 5.73 Å². The number of fused-ring (bicyclic) bond motifs is 6. The van der Waals surface area contributed by atoms with Gasteiger partial charge in [0.1, 0.15) is 6.04 Å². The highest BCUT2D eigenvalue weighted by Gasteiger charge is 2.57. The van der Waals surface area contributed by atoms with Crippen LogP contribution < -0.4 is 15.8 Å². The van der Waals surface area contributed by atoms with Crippen molar-refractivity contribution in [3.63, 3.8) is 0 Å². The highest BCUT2D eigenvalue weighted by molar-refractivity contribution is 6.25. The molecule has 0 aromatic heterocycles. The van der Waals surface area contributed by atoms with E-state index in [4.69, 9.17) is 15.2 Å². The highest BCUT2D eigenvalue weighted by atomic mass is 16.5. The standard InChI is InChI=1S/C29H35N5O6/c1-12-7-15-8-17-19(10-30)34-18(23(33(17)4)21(15)25(36)27(12)39-5)9-16-22(20(34)11-32-29(38)14(3)31)26(37)28(40-6)13(2)24(16)35/h7,14,17-20,23,36H,8-9,11,31H2,1-6H3,(H,32,38)/t14-,17+,18+,19+,20+,23+/m1/s1. The van der Waals surface area contributed by atoms with E-state index < -0.39 is 41.9 Å². The number of carbonyl (C=O) groups excluding carboxylic acids is 3.